The third-order valence-corrected chi connectivity index (χ3v) is 5.19. The lowest BCUT2D eigenvalue weighted by Gasteiger charge is -2.25. The molecule has 0 aromatic carbocycles. The van der Waals surface area contributed by atoms with Crippen molar-refractivity contribution in [1.29, 1.82) is 0 Å². The molecule has 0 spiro atoms. The van der Waals surface area contributed by atoms with Crippen molar-refractivity contribution < 1.29 is 13.7 Å². The van der Waals surface area contributed by atoms with Crippen molar-refractivity contribution in [3.05, 3.63) is 24.2 Å². The van der Waals surface area contributed by atoms with Gasteiger partial charge in [-0.25, -0.2) is 0 Å². The monoisotopic (exact) mass is 344 g/mol. The number of hydrogen-bond donors (Lipinski definition) is 0. The highest BCUT2D eigenvalue weighted by Crippen LogP contribution is 2.29. The van der Waals surface area contributed by atoms with E-state index in [1.54, 1.807) is 18.4 Å². The van der Waals surface area contributed by atoms with Crippen LogP contribution in [0.2, 0.25) is 0 Å². The molecule has 1 aliphatic heterocycles. The summed E-state index contributed by atoms with van der Waals surface area (Å²) in [5.74, 6) is 2.32. The molecule has 25 heavy (non-hydrogen) atoms. The average Bonchev–Trinajstić information content (AvgIpc) is 3.35. The molecule has 2 aromatic heterocycles. The number of hydrogen-bond acceptors (Lipinski definition) is 6. The fourth-order valence-electron chi connectivity index (χ4n) is 4.06. The molecule has 1 aliphatic carbocycles. The summed E-state index contributed by atoms with van der Waals surface area (Å²) in [5.41, 5.74) is 0. The first-order chi connectivity index (χ1) is 12.2. The van der Waals surface area contributed by atoms with E-state index in [0.717, 1.165) is 13.1 Å². The number of carbonyl (C=O) groups is 1. The molecule has 0 N–H and O–H groups in total. The summed E-state index contributed by atoms with van der Waals surface area (Å²) in [6.07, 6.45) is 7.10. The lowest BCUT2D eigenvalue weighted by molar-refractivity contribution is -0.129. The predicted octanol–water partition coefficient (Wildman–Crippen LogP) is 2.55. The zero-order valence-corrected chi connectivity index (χ0v) is 14.6. The van der Waals surface area contributed by atoms with Crippen LogP contribution in [0.1, 0.15) is 37.9 Å². The lowest BCUT2D eigenvalue weighted by Crippen LogP contribution is -2.35. The van der Waals surface area contributed by atoms with Gasteiger partial charge in [0.2, 0.25) is 5.91 Å². The maximum absolute atomic E-state index is 12.3. The van der Waals surface area contributed by atoms with Gasteiger partial charge >= 0.3 is 0 Å². The van der Waals surface area contributed by atoms with Crippen LogP contribution in [0.25, 0.3) is 11.7 Å². The van der Waals surface area contributed by atoms with Crippen LogP contribution in [0.3, 0.4) is 0 Å². The average molecular weight is 344 g/mol. The van der Waals surface area contributed by atoms with E-state index in [-0.39, 0.29) is 0 Å². The van der Waals surface area contributed by atoms with E-state index in [2.05, 4.69) is 19.9 Å². The Hall–Kier alpha value is -2.15. The highest BCUT2D eigenvalue weighted by molar-refractivity contribution is 5.79. The molecule has 1 atom stereocenters. The maximum atomic E-state index is 12.3. The molecule has 2 aromatic rings. The van der Waals surface area contributed by atoms with Gasteiger partial charge in [-0.2, -0.15) is 4.98 Å². The summed E-state index contributed by atoms with van der Waals surface area (Å²) < 4.78 is 10.5. The van der Waals surface area contributed by atoms with Gasteiger partial charge in [0.25, 0.3) is 5.89 Å². The van der Waals surface area contributed by atoms with Crippen molar-refractivity contribution >= 4 is 5.91 Å². The molecule has 0 radical (unpaired) electrons. The third kappa shape index (κ3) is 3.61. The Labute approximate surface area is 147 Å². The summed E-state index contributed by atoms with van der Waals surface area (Å²) in [5, 5.41) is 4.01. The summed E-state index contributed by atoms with van der Waals surface area (Å²) in [7, 11) is 2.03. The number of rotatable bonds is 6. The first kappa shape index (κ1) is 16.3. The van der Waals surface area contributed by atoms with Crippen molar-refractivity contribution in [1.82, 2.24) is 19.9 Å². The Kier molecular flexibility index (Phi) is 4.57. The predicted molar refractivity (Wildman–Crippen MR) is 90.4 cm³/mol. The van der Waals surface area contributed by atoms with E-state index in [1.165, 1.54) is 25.7 Å². The van der Waals surface area contributed by atoms with E-state index in [0.29, 0.717) is 48.3 Å². The van der Waals surface area contributed by atoms with Crippen LogP contribution >= 0.6 is 0 Å². The molecular weight excluding hydrogens is 320 g/mol. The number of furan rings is 1. The van der Waals surface area contributed by atoms with Gasteiger partial charge in [0.05, 0.1) is 12.8 Å². The van der Waals surface area contributed by atoms with E-state index >= 15 is 0 Å². The lowest BCUT2D eigenvalue weighted by atomic mass is 10.1. The minimum atomic E-state index is 0.324. The topological polar surface area (TPSA) is 75.6 Å². The van der Waals surface area contributed by atoms with E-state index in [9.17, 15) is 4.79 Å². The molecule has 0 bridgehead atoms. The Morgan fingerprint density at radius 3 is 2.96 bits per heavy atom. The fraction of sp³-hybridized carbons (Fsp3) is 0.611. The van der Waals surface area contributed by atoms with E-state index in [1.807, 2.05) is 7.05 Å². The zero-order valence-electron chi connectivity index (χ0n) is 14.6. The van der Waals surface area contributed by atoms with Gasteiger partial charge in [-0.15, -0.1) is 0 Å². The highest BCUT2D eigenvalue weighted by Gasteiger charge is 2.35. The molecule has 1 unspecified atom stereocenters. The summed E-state index contributed by atoms with van der Waals surface area (Å²) in [6.45, 7) is 2.34. The van der Waals surface area contributed by atoms with E-state index in [4.69, 9.17) is 8.94 Å². The molecule has 1 saturated carbocycles. The summed E-state index contributed by atoms with van der Waals surface area (Å²) in [6, 6.07) is 4.07. The fourth-order valence-corrected chi connectivity index (χ4v) is 4.06. The maximum Gasteiger partial charge on any atom is 0.293 e. The van der Waals surface area contributed by atoms with Gasteiger partial charge in [-0.1, -0.05) is 18.0 Å². The SMILES string of the molecule is CN(Cc1noc(-c2ccco2)n1)CC1CC(=O)N(C2CCCC2)C1. The van der Waals surface area contributed by atoms with E-state index < -0.39 is 0 Å². The van der Waals surface area contributed by atoms with Crippen LogP contribution in [-0.4, -0.2) is 52.0 Å². The van der Waals surface area contributed by atoms with Crippen molar-refractivity contribution in [2.45, 2.75) is 44.7 Å². The molecule has 134 valence electrons. The van der Waals surface area contributed by atoms with Crippen LogP contribution in [0, 0.1) is 5.92 Å². The second-order valence-electron chi connectivity index (χ2n) is 7.24. The number of carbonyl (C=O) groups excluding carboxylic acids is 1. The highest BCUT2D eigenvalue weighted by atomic mass is 16.5. The summed E-state index contributed by atoms with van der Waals surface area (Å²) in [4.78, 5) is 21.0. The quantitative estimate of drug-likeness (QED) is 0.802. The van der Waals surface area contributed by atoms with Gasteiger partial charge in [0.15, 0.2) is 11.6 Å². The van der Waals surface area contributed by atoms with Gasteiger partial charge in [-0.3, -0.25) is 9.69 Å². The van der Waals surface area contributed by atoms with Crippen LogP contribution in [0.5, 0.6) is 0 Å². The second-order valence-corrected chi connectivity index (χ2v) is 7.24. The van der Waals surface area contributed by atoms with Crippen molar-refractivity contribution in [3.8, 4) is 11.7 Å². The zero-order chi connectivity index (χ0) is 17.2. The Morgan fingerprint density at radius 1 is 1.36 bits per heavy atom. The standard InChI is InChI=1S/C18H24N4O3/c1-21(12-16-19-18(25-20-16)15-7-4-8-24-15)10-13-9-17(23)22(11-13)14-5-2-3-6-14/h4,7-8,13-14H,2-3,5-6,9-12H2,1H3. The molecule has 1 saturated heterocycles. The second kappa shape index (κ2) is 7.00. The first-order valence-corrected chi connectivity index (χ1v) is 9.03. The number of aromatic nitrogens is 2. The Bertz CT molecular complexity index is 706. The minimum absolute atomic E-state index is 0.324. The van der Waals surface area contributed by atoms with Gasteiger partial charge < -0.3 is 13.8 Å². The molecule has 1 amide bonds. The normalized spacial score (nSPS) is 21.8. The molecule has 7 nitrogen and oxygen atoms in total. The van der Waals surface area contributed by atoms with Crippen LogP contribution in [0.4, 0.5) is 0 Å². The van der Waals surface area contributed by atoms with Gasteiger partial charge in [0.1, 0.15) is 0 Å². The first-order valence-electron chi connectivity index (χ1n) is 9.03. The van der Waals surface area contributed by atoms with Crippen molar-refractivity contribution in [2.24, 2.45) is 5.92 Å². The molecule has 4 rings (SSSR count). The smallest absolute Gasteiger partial charge is 0.293 e. The minimum Gasteiger partial charge on any atom is -0.459 e. The van der Waals surface area contributed by atoms with Crippen molar-refractivity contribution in [2.75, 3.05) is 20.1 Å². The largest absolute Gasteiger partial charge is 0.459 e. The Morgan fingerprint density at radius 2 is 2.20 bits per heavy atom. The molecular formula is C18H24N4O3. The van der Waals surface area contributed by atoms with Gasteiger partial charge in [-0.05, 0) is 37.9 Å². The van der Waals surface area contributed by atoms with Gasteiger partial charge in [0, 0.05) is 25.6 Å². The van der Waals surface area contributed by atoms with Crippen LogP contribution in [0.15, 0.2) is 27.3 Å². The number of nitrogens with zero attached hydrogens (tertiary/aromatic N) is 4. The number of amides is 1. The molecule has 2 fully saturated rings. The van der Waals surface area contributed by atoms with Crippen molar-refractivity contribution in [3.63, 3.8) is 0 Å². The third-order valence-electron chi connectivity index (χ3n) is 5.19. The number of likely N-dealkylation sites (tertiary alicyclic amines) is 1. The molecule has 7 heteroatoms. The van der Waals surface area contributed by atoms with Crippen LogP contribution < -0.4 is 0 Å². The molecule has 2 aliphatic rings. The van der Waals surface area contributed by atoms with Crippen LogP contribution in [-0.2, 0) is 11.3 Å². The summed E-state index contributed by atoms with van der Waals surface area (Å²) >= 11 is 0. The molecule has 3 heterocycles. The Balaban J connectivity index is 1.30.